The van der Waals surface area contributed by atoms with Gasteiger partial charge in [0.1, 0.15) is 12.4 Å². The van der Waals surface area contributed by atoms with Gasteiger partial charge in [-0.1, -0.05) is 41.9 Å². The van der Waals surface area contributed by atoms with Crippen LogP contribution < -0.4 is 4.90 Å². The molecular weight excluding hydrogens is 343 g/mol. The highest BCUT2D eigenvalue weighted by atomic mass is 35.5. The van der Waals surface area contributed by atoms with Crippen LogP contribution in [0.5, 0.6) is 0 Å². The molecule has 1 amide bonds. The number of piperazine rings is 1. The van der Waals surface area contributed by atoms with Crippen molar-refractivity contribution in [3.63, 3.8) is 0 Å². The molecule has 6 heteroatoms. The Bertz CT molecular complexity index is 719. The van der Waals surface area contributed by atoms with Crippen LogP contribution >= 0.6 is 11.6 Å². The minimum absolute atomic E-state index is 0.0350. The Balaban J connectivity index is 1.46. The zero-order valence-corrected chi connectivity index (χ0v) is 14.6. The molecule has 1 fully saturated rings. The zero-order valence-electron chi connectivity index (χ0n) is 13.8. The van der Waals surface area contributed by atoms with Crippen LogP contribution in [0.1, 0.15) is 5.56 Å². The highest BCUT2D eigenvalue weighted by Crippen LogP contribution is 2.23. The van der Waals surface area contributed by atoms with Gasteiger partial charge in [-0.25, -0.2) is 4.39 Å². The lowest BCUT2D eigenvalue weighted by molar-refractivity contribution is -0.136. The van der Waals surface area contributed by atoms with Crippen molar-refractivity contribution >= 4 is 23.2 Å². The summed E-state index contributed by atoms with van der Waals surface area (Å²) in [6.45, 7) is 2.75. The van der Waals surface area contributed by atoms with Crippen molar-refractivity contribution in [1.82, 2.24) is 4.90 Å². The molecule has 25 heavy (non-hydrogen) atoms. The van der Waals surface area contributed by atoms with Crippen LogP contribution in [-0.2, 0) is 16.1 Å². The summed E-state index contributed by atoms with van der Waals surface area (Å²) in [5, 5.41) is 0.380. The van der Waals surface area contributed by atoms with Gasteiger partial charge in [0, 0.05) is 31.2 Å². The Kier molecular flexibility index (Phi) is 5.89. The fraction of sp³-hybridized carbons (Fsp3) is 0.316. The van der Waals surface area contributed by atoms with E-state index in [2.05, 4.69) is 0 Å². The molecule has 3 rings (SSSR count). The molecule has 4 nitrogen and oxygen atoms in total. The van der Waals surface area contributed by atoms with Crippen LogP contribution in [0, 0.1) is 5.82 Å². The van der Waals surface area contributed by atoms with Crippen molar-refractivity contribution < 1.29 is 13.9 Å². The van der Waals surface area contributed by atoms with E-state index in [0.717, 1.165) is 5.56 Å². The summed E-state index contributed by atoms with van der Waals surface area (Å²) in [6, 6.07) is 14.4. The summed E-state index contributed by atoms with van der Waals surface area (Å²) in [5.74, 6) is -0.370. The van der Waals surface area contributed by atoms with Gasteiger partial charge in [-0.15, -0.1) is 0 Å². The molecule has 0 saturated carbocycles. The van der Waals surface area contributed by atoms with E-state index in [1.165, 1.54) is 6.07 Å². The van der Waals surface area contributed by atoms with Gasteiger partial charge >= 0.3 is 0 Å². The monoisotopic (exact) mass is 362 g/mol. The Labute approximate surface area is 151 Å². The van der Waals surface area contributed by atoms with E-state index < -0.39 is 0 Å². The lowest BCUT2D eigenvalue weighted by atomic mass is 10.2. The summed E-state index contributed by atoms with van der Waals surface area (Å²) >= 11 is 5.79. The fourth-order valence-electron chi connectivity index (χ4n) is 2.86. The van der Waals surface area contributed by atoms with E-state index in [9.17, 15) is 9.18 Å². The first kappa shape index (κ1) is 17.7. The Morgan fingerprint density at radius 3 is 2.48 bits per heavy atom. The normalized spacial score (nSPS) is 14.6. The smallest absolute Gasteiger partial charge is 0.248 e. The van der Waals surface area contributed by atoms with Crippen molar-refractivity contribution in [1.29, 1.82) is 0 Å². The van der Waals surface area contributed by atoms with Gasteiger partial charge in [-0.2, -0.15) is 0 Å². The van der Waals surface area contributed by atoms with E-state index in [0.29, 0.717) is 43.5 Å². The van der Waals surface area contributed by atoms with E-state index in [-0.39, 0.29) is 18.3 Å². The quantitative estimate of drug-likeness (QED) is 0.817. The van der Waals surface area contributed by atoms with E-state index in [4.69, 9.17) is 16.3 Å². The second-order valence-corrected chi connectivity index (χ2v) is 6.38. The van der Waals surface area contributed by atoms with Crippen molar-refractivity contribution in [3.8, 4) is 0 Å². The van der Waals surface area contributed by atoms with Crippen LogP contribution in [0.3, 0.4) is 0 Å². The van der Waals surface area contributed by atoms with Gasteiger partial charge in [0.25, 0.3) is 0 Å². The van der Waals surface area contributed by atoms with E-state index >= 15 is 0 Å². The molecule has 1 saturated heterocycles. The van der Waals surface area contributed by atoms with Crippen molar-refractivity contribution in [2.24, 2.45) is 0 Å². The molecule has 2 aromatic carbocycles. The molecule has 132 valence electrons. The van der Waals surface area contributed by atoms with Crippen LogP contribution in [0.15, 0.2) is 48.5 Å². The van der Waals surface area contributed by atoms with Crippen molar-refractivity contribution in [2.75, 3.05) is 37.7 Å². The number of hydrogen-bond acceptors (Lipinski definition) is 3. The maximum atomic E-state index is 14.0. The number of anilines is 1. The third-order valence-electron chi connectivity index (χ3n) is 4.22. The summed E-state index contributed by atoms with van der Waals surface area (Å²) < 4.78 is 19.5. The second-order valence-electron chi connectivity index (χ2n) is 5.94. The van der Waals surface area contributed by atoms with Gasteiger partial charge in [0.05, 0.1) is 12.3 Å². The number of amides is 1. The first-order valence-corrected chi connectivity index (χ1v) is 8.61. The third-order valence-corrected chi connectivity index (χ3v) is 4.45. The molecule has 1 heterocycles. The van der Waals surface area contributed by atoms with Gasteiger partial charge in [-0.05, 0) is 23.8 Å². The van der Waals surface area contributed by atoms with Gasteiger partial charge in [-0.3, -0.25) is 4.79 Å². The van der Waals surface area contributed by atoms with Gasteiger partial charge in [0.2, 0.25) is 5.91 Å². The molecule has 2 aromatic rings. The third kappa shape index (κ3) is 4.71. The SMILES string of the molecule is O=C(COCc1ccccc1)N1CCN(c2ccc(Cl)cc2F)CC1. The number of rotatable bonds is 5. The first-order chi connectivity index (χ1) is 12.1. The Hall–Kier alpha value is -2.11. The molecule has 0 N–H and O–H groups in total. The number of hydrogen-bond donors (Lipinski definition) is 0. The maximum absolute atomic E-state index is 14.0. The summed E-state index contributed by atoms with van der Waals surface area (Å²) in [6.07, 6.45) is 0. The van der Waals surface area contributed by atoms with E-state index in [1.54, 1.807) is 17.0 Å². The minimum atomic E-state index is -0.335. The lowest BCUT2D eigenvalue weighted by Gasteiger charge is -2.36. The number of ether oxygens (including phenoxy) is 1. The predicted octanol–water partition coefficient (Wildman–Crippen LogP) is 3.34. The Morgan fingerprint density at radius 1 is 1.08 bits per heavy atom. The molecule has 0 atom stereocenters. The number of benzene rings is 2. The Morgan fingerprint density at radius 2 is 1.80 bits per heavy atom. The first-order valence-electron chi connectivity index (χ1n) is 8.23. The average Bonchev–Trinajstić information content (AvgIpc) is 2.63. The number of halogens is 2. The fourth-order valence-corrected chi connectivity index (χ4v) is 3.01. The highest BCUT2D eigenvalue weighted by molar-refractivity contribution is 6.30. The summed E-state index contributed by atoms with van der Waals surface area (Å²) in [5.41, 5.74) is 1.56. The van der Waals surface area contributed by atoms with Gasteiger partial charge in [0.15, 0.2) is 0 Å². The molecule has 0 spiro atoms. The minimum Gasteiger partial charge on any atom is -0.367 e. The van der Waals surface area contributed by atoms with E-state index in [1.807, 2.05) is 35.2 Å². The molecule has 0 unspecified atom stereocenters. The molecule has 0 aromatic heterocycles. The lowest BCUT2D eigenvalue weighted by Crippen LogP contribution is -2.50. The molecule has 0 bridgehead atoms. The highest BCUT2D eigenvalue weighted by Gasteiger charge is 2.22. The summed E-state index contributed by atoms with van der Waals surface area (Å²) in [4.78, 5) is 15.9. The topological polar surface area (TPSA) is 32.8 Å². The average molecular weight is 363 g/mol. The van der Waals surface area contributed by atoms with Crippen molar-refractivity contribution in [3.05, 3.63) is 64.9 Å². The maximum Gasteiger partial charge on any atom is 0.248 e. The number of carbonyl (C=O) groups is 1. The van der Waals surface area contributed by atoms with Crippen LogP contribution in [0.4, 0.5) is 10.1 Å². The largest absolute Gasteiger partial charge is 0.367 e. The molecule has 1 aliphatic rings. The molecular formula is C19H20ClFN2O2. The van der Waals surface area contributed by atoms with Crippen molar-refractivity contribution in [2.45, 2.75) is 6.61 Å². The zero-order chi connectivity index (χ0) is 17.6. The molecule has 1 aliphatic heterocycles. The predicted molar refractivity (Wildman–Crippen MR) is 96.3 cm³/mol. The molecule has 0 aliphatic carbocycles. The second kappa shape index (κ2) is 8.32. The van der Waals surface area contributed by atoms with Crippen LogP contribution in [-0.4, -0.2) is 43.6 Å². The van der Waals surface area contributed by atoms with Crippen LogP contribution in [0.25, 0.3) is 0 Å². The van der Waals surface area contributed by atoms with Crippen LogP contribution in [0.2, 0.25) is 5.02 Å². The van der Waals surface area contributed by atoms with Gasteiger partial charge < -0.3 is 14.5 Å². The number of nitrogens with zero attached hydrogens (tertiary/aromatic N) is 2. The standard InChI is InChI=1S/C19H20ClFN2O2/c20-16-6-7-18(17(21)12-16)22-8-10-23(11-9-22)19(24)14-25-13-15-4-2-1-3-5-15/h1-7,12H,8-11,13-14H2. The number of carbonyl (C=O) groups excluding carboxylic acids is 1. The summed E-state index contributed by atoms with van der Waals surface area (Å²) in [7, 11) is 0. The molecule has 0 radical (unpaired) electrons.